The van der Waals surface area contributed by atoms with E-state index in [2.05, 4.69) is 24.3 Å². The minimum Gasteiger partial charge on any atom is -0.309 e. The molecule has 0 amide bonds. The van der Waals surface area contributed by atoms with Gasteiger partial charge in [-0.3, -0.25) is 0 Å². The van der Waals surface area contributed by atoms with Gasteiger partial charge in [-0.05, 0) is 153 Å². The van der Waals surface area contributed by atoms with Crippen LogP contribution in [-0.4, -0.2) is 9.13 Å². The van der Waals surface area contributed by atoms with E-state index in [1.165, 1.54) is 33.4 Å². The monoisotopic (exact) mass is 1020 g/mol. The summed E-state index contributed by atoms with van der Waals surface area (Å²) in [6, 6.07) is 65.0. The van der Waals surface area contributed by atoms with Gasteiger partial charge in [0.1, 0.15) is 0 Å². The molecule has 0 aliphatic heterocycles. The van der Waals surface area contributed by atoms with Crippen LogP contribution >= 0.6 is 0 Å². The molecule has 0 unspecified atom stereocenters. The molecule has 0 aliphatic rings. The quantitative estimate of drug-likeness (QED) is 0.148. The number of hydrogen-bond acceptors (Lipinski definition) is 4. The maximum atomic E-state index is 15.6. The van der Waals surface area contributed by atoms with Crippen molar-refractivity contribution in [2.45, 2.75) is 12.4 Å². The van der Waals surface area contributed by atoms with Crippen molar-refractivity contribution in [2.24, 2.45) is 0 Å². The van der Waals surface area contributed by atoms with Gasteiger partial charge in [-0.1, -0.05) is 109 Å². The Kier molecular flexibility index (Phi) is 11.5. The Morgan fingerprint density at radius 3 is 0.769 bits per heavy atom. The largest absolute Gasteiger partial charge is 0.418 e. The first kappa shape index (κ1) is 48.3. The zero-order valence-electron chi connectivity index (χ0n) is 40.6. The first-order valence-corrected chi connectivity index (χ1v) is 24.4. The molecule has 0 bridgehead atoms. The van der Waals surface area contributed by atoms with E-state index in [0.29, 0.717) is 110 Å². The minimum absolute atomic E-state index is 0.189. The minimum atomic E-state index is -4.90. The highest BCUT2D eigenvalue weighted by atomic mass is 19.4. The van der Waals surface area contributed by atoms with E-state index in [1.807, 2.05) is 24.3 Å². The van der Waals surface area contributed by atoms with Crippen molar-refractivity contribution in [3.63, 3.8) is 0 Å². The second kappa shape index (κ2) is 18.6. The van der Waals surface area contributed by atoms with Gasteiger partial charge in [0.15, 0.2) is 0 Å². The van der Waals surface area contributed by atoms with Gasteiger partial charge in [-0.15, -0.1) is 0 Å². The number of aromatic nitrogens is 2. The van der Waals surface area contributed by atoms with Crippen molar-refractivity contribution >= 4 is 43.6 Å². The molecule has 0 radical (unpaired) electrons. The standard InChI is InChI=1S/C66H34F6N6/c67-65(68,69)57-23-17-39(33-63(57)77-59-25-19-41(49-13-5-1-9-45(49)35-73)29-53(59)54-30-42(20-26-60(54)77)50-14-6-2-10-46(50)36-74)40-18-24-58(66(70,71)72)64(34-40)78-61-27-21-43(51-15-7-3-11-47(51)37-75)31-55(61)56-32-44(22-28-62(56)78)52-16-8-4-12-48(52)38-76/h1-34H. The molecule has 0 spiro atoms. The number of nitriles is 4. The lowest BCUT2D eigenvalue weighted by Gasteiger charge is -2.20. The summed E-state index contributed by atoms with van der Waals surface area (Å²) in [5.74, 6) is 0. The maximum Gasteiger partial charge on any atom is 0.418 e. The van der Waals surface area contributed by atoms with Crippen molar-refractivity contribution in [3.05, 3.63) is 240 Å². The molecule has 0 saturated heterocycles. The van der Waals surface area contributed by atoms with Crippen LogP contribution < -0.4 is 0 Å². The van der Waals surface area contributed by atoms with Gasteiger partial charge in [0.05, 0.1) is 91.1 Å². The highest BCUT2D eigenvalue weighted by molar-refractivity contribution is 6.13. The van der Waals surface area contributed by atoms with E-state index in [-0.39, 0.29) is 22.5 Å². The van der Waals surface area contributed by atoms with E-state index in [0.717, 1.165) is 12.1 Å². The smallest absolute Gasteiger partial charge is 0.309 e. The van der Waals surface area contributed by atoms with E-state index < -0.39 is 23.5 Å². The summed E-state index contributed by atoms with van der Waals surface area (Å²) >= 11 is 0. The van der Waals surface area contributed by atoms with Crippen LogP contribution in [-0.2, 0) is 12.4 Å². The summed E-state index contributed by atoms with van der Waals surface area (Å²) in [5.41, 5.74) is 5.90. The lowest BCUT2D eigenvalue weighted by molar-refractivity contribution is -0.138. The summed E-state index contributed by atoms with van der Waals surface area (Å²) in [6.07, 6.45) is -9.80. The Morgan fingerprint density at radius 2 is 0.526 bits per heavy atom. The Hall–Kier alpha value is -10.7. The Labute approximate surface area is 441 Å². The number of benzene rings is 10. The first-order valence-electron chi connectivity index (χ1n) is 24.4. The van der Waals surface area contributed by atoms with Gasteiger partial charge in [0, 0.05) is 21.5 Å². The van der Waals surface area contributed by atoms with Crippen LogP contribution in [0.15, 0.2) is 206 Å². The molecule has 0 atom stereocenters. The third kappa shape index (κ3) is 8.05. The van der Waals surface area contributed by atoms with E-state index in [1.54, 1.807) is 146 Å². The molecule has 10 aromatic carbocycles. The van der Waals surface area contributed by atoms with Crippen LogP contribution in [0.4, 0.5) is 26.3 Å². The fourth-order valence-corrected chi connectivity index (χ4v) is 10.8. The summed E-state index contributed by atoms with van der Waals surface area (Å²) in [5, 5.41) is 42.4. The van der Waals surface area contributed by atoms with Crippen molar-refractivity contribution in [1.29, 1.82) is 21.0 Å². The van der Waals surface area contributed by atoms with Crippen LogP contribution in [0.5, 0.6) is 0 Å². The predicted octanol–water partition coefficient (Wildman–Crippen LogP) is 17.7. The molecule has 6 nitrogen and oxygen atoms in total. The van der Waals surface area contributed by atoms with Crippen LogP contribution in [0.25, 0.3) is 111 Å². The van der Waals surface area contributed by atoms with Gasteiger partial charge >= 0.3 is 12.4 Å². The van der Waals surface area contributed by atoms with Crippen molar-refractivity contribution < 1.29 is 26.3 Å². The summed E-state index contributed by atoms with van der Waals surface area (Å²) in [4.78, 5) is 0. The Balaban J connectivity index is 1.10. The number of hydrogen-bond donors (Lipinski definition) is 0. The molecule has 0 N–H and O–H groups in total. The third-order valence-corrected chi connectivity index (χ3v) is 14.4. The highest BCUT2D eigenvalue weighted by Crippen LogP contribution is 2.46. The average molecular weight is 1030 g/mol. The number of nitrogens with zero attached hydrogens (tertiary/aromatic N) is 6. The third-order valence-electron chi connectivity index (χ3n) is 14.4. The molecule has 370 valence electrons. The lowest BCUT2D eigenvalue weighted by atomic mass is 9.96. The molecule has 12 heteroatoms. The molecule has 2 aromatic heterocycles. The zero-order chi connectivity index (χ0) is 54.0. The van der Waals surface area contributed by atoms with E-state index in [4.69, 9.17) is 0 Å². The normalized spacial score (nSPS) is 11.7. The molecule has 0 aliphatic carbocycles. The summed E-state index contributed by atoms with van der Waals surface area (Å²) in [7, 11) is 0. The number of alkyl halides is 6. The molecule has 2 heterocycles. The fourth-order valence-electron chi connectivity index (χ4n) is 10.8. The summed E-state index contributed by atoms with van der Waals surface area (Å²) < 4.78 is 96.4. The Bertz CT molecular complexity index is 4140. The number of fused-ring (bicyclic) bond motifs is 6. The van der Waals surface area contributed by atoms with Gasteiger partial charge in [0.25, 0.3) is 0 Å². The van der Waals surface area contributed by atoms with Gasteiger partial charge in [-0.25, -0.2) is 0 Å². The number of rotatable bonds is 7. The van der Waals surface area contributed by atoms with Gasteiger partial charge in [-0.2, -0.15) is 47.4 Å². The molecule has 12 rings (SSSR count). The molecular formula is C66H34F6N6. The molecular weight excluding hydrogens is 991 g/mol. The van der Waals surface area contributed by atoms with Crippen molar-refractivity contribution in [1.82, 2.24) is 9.13 Å². The van der Waals surface area contributed by atoms with Gasteiger partial charge < -0.3 is 9.13 Å². The molecule has 12 aromatic rings. The predicted molar refractivity (Wildman–Crippen MR) is 291 cm³/mol. The second-order valence-corrected chi connectivity index (χ2v) is 18.7. The van der Waals surface area contributed by atoms with Crippen LogP contribution in [0.1, 0.15) is 33.4 Å². The van der Waals surface area contributed by atoms with E-state index >= 15 is 26.3 Å². The average Bonchev–Trinajstić information content (AvgIpc) is 4.05. The topological polar surface area (TPSA) is 105 Å². The molecule has 78 heavy (non-hydrogen) atoms. The zero-order valence-corrected chi connectivity index (χ0v) is 40.6. The molecule has 0 saturated carbocycles. The first-order chi connectivity index (χ1) is 37.8. The fraction of sp³-hybridized carbons (Fsp3) is 0.0303. The van der Waals surface area contributed by atoms with Crippen LogP contribution in [0.3, 0.4) is 0 Å². The second-order valence-electron chi connectivity index (χ2n) is 18.7. The van der Waals surface area contributed by atoms with Crippen LogP contribution in [0.2, 0.25) is 0 Å². The Morgan fingerprint density at radius 1 is 0.282 bits per heavy atom. The van der Waals surface area contributed by atoms with Crippen molar-refractivity contribution in [3.8, 4) is 91.3 Å². The van der Waals surface area contributed by atoms with Gasteiger partial charge in [0.2, 0.25) is 0 Å². The highest BCUT2D eigenvalue weighted by Gasteiger charge is 2.37. The maximum absolute atomic E-state index is 15.6. The summed E-state index contributed by atoms with van der Waals surface area (Å²) in [6.45, 7) is 0. The number of halogens is 6. The van der Waals surface area contributed by atoms with Crippen molar-refractivity contribution in [2.75, 3.05) is 0 Å². The van der Waals surface area contributed by atoms with Crippen LogP contribution in [0, 0.1) is 45.3 Å². The SMILES string of the molecule is N#Cc1ccccc1-c1ccc2c(c1)c1cc(-c3ccccc3C#N)ccc1n2-c1cc(-c2ccc(C(F)(F)F)c(-n3c4ccc(-c5ccccc5C#N)cc4c4cc(-c5ccccc5C#N)ccc43)c2)ccc1C(F)(F)F. The van der Waals surface area contributed by atoms with E-state index in [9.17, 15) is 21.0 Å². The molecule has 0 fully saturated rings. The lowest BCUT2D eigenvalue weighted by Crippen LogP contribution is -2.12.